The van der Waals surface area contributed by atoms with Gasteiger partial charge in [0.05, 0.1) is 14.2 Å². The monoisotopic (exact) mass is 437 g/mol. The van der Waals surface area contributed by atoms with E-state index in [1.165, 1.54) is 6.08 Å². The molecule has 1 unspecified atom stereocenters. The normalized spacial score (nSPS) is 15.2. The van der Waals surface area contributed by atoms with E-state index in [1.54, 1.807) is 27.2 Å². The fraction of sp³-hybridized carbons (Fsp3) is 0.360. The van der Waals surface area contributed by atoms with E-state index in [2.05, 4.69) is 10.2 Å². The van der Waals surface area contributed by atoms with Gasteiger partial charge in [0.1, 0.15) is 17.5 Å². The van der Waals surface area contributed by atoms with Gasteiger partial charge in [0.25, 0.3) is 0 Å². The summed E-state index contributed by atoms with van der Waals surface area (Å²) in [6.45, 7) is 4.64. The van der Waals surface area contributed by atoms with E-state index in [4.69, 9.17) is 9.47 Å². The summed E-state index contributed by atoms with van der Waals surface area (Å²) in [5.41, 5.74) is 2.00. The van der Waals surface area contributed by atoms with Crippen LogP contribution in [0.4, 0.5) is 5.69 Å². The fourth-order valence-corrected chi connectivity index (χ4v) is 3.67. The quantitative estimate of drug-likeness (QED) is 0.675. The molecule has 0 radical (unpaired) electrons. The second-order valence-electron chi connectivity index (χ2n) is 7.70. The first-order valence-corrected chi connectivity index (χ1v) is 10.8. The zero-order valence-corrected chi connectivity index (χ0v) is 18.9. The Balaban J connectivity index is 1.51. The minimum Gasteiger partial charge on any atom is -0.497 e. The first-order chi connectivity index (χ1) is 15.5. The van der Waals surface area contributed by atoms with E-state index >= 15 is 0 Å². The minimum atomic E-state index is -0.587. The lowest BCUT2D eigenvalue weighted by atomic mass is 10.2. The summed E-state index contributed by atoms with van der Waals surface area (Å²) >= 11 is 0. The Morgan fingerprint density at radius 2 is 1.53 bits per heavy atom. The molecule has 1 fully saturated rings. The molecular weight excluding hydrogens is 406 g/mol. The molecule has 0 aliphatic carbocycles. The van der Waals surface area contributed by atoms with E-state index in [0.29, 0.717) is 13.1 Å². The van der Waals surface area contributed by atoms with Gasteiger partial charge in [-0.1, -0.05) is 12.1 Å². The number of hydrogen-bond acceptors (Lipinski definition) is 5. The van der Waals surface area contributed by atoms with Crippen molar-refractivity contribution < 1.29 is 19.1 Å². The van der Waals surface area contributed by atoms with Crippen LogP contribution in [0.5, 0.6) is 11.5 Å². The molecule has 2 aromatic rings. The van der Waals surface area contributed by atoms with Crippen LogP contribution in [0.2, 0.25) is 0 Å². The molecule has 170 valence electrons. The predicted octanol–water partition coefficient (Wildman–Crippen LogP) is 2.96. The number of methoxy groups -OCH3 is 2. The number of nitrogens with zero attached hydrogens (tertiary/aromatic N) is 2. The maximum Gasteiger partial charge on any atom is 0.244 e. The van der Waals surface area contributed by atoms with Gasteiger partial charge in [0, 0.05) is 37.9 Å². The third kappa shape index (κ3) is 6.26. The second-order valence-corrected chi connectivity index (χ2v) is 7.70. The summed E-state index contributed by atoms with van der Waals surface area (Å²) in [6.07, 6.45) is 4.03. The lowest BCUT2D eigenvalue weighted by molar-refractivity contribution is -0.134. The topological polar surface area (TPSA) is 71.1 Å². The van der Waals surface area contributed by atoms with Gasteiger partial charge in [-0.05, 0) is 61.4 Å². The molecule has 0 spiro atoms. The van der Waals surface area contributed by atoms with E-state index < -0.39 is 6.04 Å². The molecule has 2 amide bonds. The summed E-state index contributed by atoms with van der Waals surface area (Å²) in [7, 11) is 3.26. The molecule has 1 aliphatic rings. The number of amides is 2. The summed E-state index contributed by atoms with van der Waals surface area (Å²) in [5.74, 6) is 1.23. The highest BCUT2D eigenvalue weighted by Crippen LogP contribution is 2.20. The molecule has 0 bridgehead atoms. The average molecular weight is 438 g/mol. The van der Waals surface area contributed by atoms with Crippen molar-refractivity contribution in [3.8, 4) is 11.5 Å². The molecule has 1 heterocycles. The molecular formula is C25H31N3O4. The Kier molecular flexibility index (Phi) is 8.14. The zero-order chi connectivity index (χ0) is 22.9. The van der Waals surface area contributed by atoms with Gasteiger partial charge in [0.2, 0.25) is 11.8 Å². The highest BCUT2D eigenvalue weighted by molar-refractivity contribution is 5.95. The minimum absolute atomic E-state index is 0.0622. The summed E-state index contributed by atoms with van der Waals surface area (Å²) < 4.78 is 10.4. The molecule has 7 nitrogen and oxygen atoms in total. The van der Waals surface area contributed by atoms with Gasteiger partial charge in [-0.25, -0.2) is 0 Å². The van der Waals surface area contributed by atoms with Crippen LogP contribution in [-0.4, -0.2) is 63.2 Å². The van der Waals surface area contributed by atoms with Crippen LogP contribution >= 0.6 is 0 Å². The number of nitrogens with one attached hydrogen (secondary N) is 1. The number of carbonyl (C=O) groups excluding carboxylic acids is 2. The third-order valence-corrected chi connectivity index (χ3v) is 5.52. The van der Waals surface area contributed by atoms with Crippen molar-refractivity contribution in [3.05, 3.63) is 60.2 Å². The first-order valence-electron chi connectivity index (χ1n) is 10.8. The van der Waals surface area contributed by atoms with Crippen LogP contribution < -0.4 is 19.7 Å². The number of ether oxygens (including phenoxy) is 2. The lowest BCUT2D eigenvalue weighted by Crippen LogP contribution is -2.47. The van der Waals surface area contributed by atoms with Crippen LogP contribution in [-0.2, 0) is 9.59 Å². The van der Waals surface area contributed by atoms with Crippen molar-refractivity contribution in [2.24, 2.45) is 0 Å². The molecule has 0 saturated carbocycles. The smallest absolute Gasteiger partial charge is 0.244 e. The van der Waals surface area contributed by atoms with Crippen molar-refractivity contribution >= 4 is 23.6 Å². The van der Waals surface area contributed by atoms with Gasteiger partial charge in [-0.3, -0.25) is 9.59 Å². The van der Waals surface area contributed by atoms with E-state index in [-0.39, 0.29) is 11.8 Å². The Morgan fingerprint density at radius 3 is 2.16 bits per heavy atom. The molecule has 0 aromatic heterocycles. The zero-order valence-electron chi connectivity index (χ0n) is 18.9. The van der Waals surface area contributed by atoms with Gasteiger partial charge in [0.15, 0.2) is 0 Å². The Labute approximate surface area is 189 Å². The highest BCUT2D eigenvalue weighted by Gasteiger charge is 2.24. The van der Waals surface area contributed by atoms with E-state index in [1.807, 2.05) is 53.4 Å². The van der Waals surface area contributed by atoms with Gasteiger partial charge < -0.3 is 24.6 Å². The number of carbonyl (C=O) groups is 2. The standard InChI is InChI=1S/C25H31N3O4/c1-19(26-24(29)14-7-20-5-10-22(31-2)11-6-20)25(30)28-16-4-15-27(17-18-28)21-8-12-23(32-3)13-9-21/h5-14,19H,4,15-18H2,1-3H3,(H,26,29)/b14-7+. The SMILES string of the molecule is COc1ccc(/C=C/C(=O)NC(C)C(=O)N2CCCN(c3ccc(OC)cc3)CC2)cc1. The highest BCUT2D eigenvalue weighted by atomic mass is 16.5. The van der Waals surface area contributed by atoms with Crippen LogP contribution in [0.3, 0.4) is 0 Å². The van der Waals surface area contributed by atoms with Crippen LogP contribution in [0.1, 0.15) is 18.9 Å². The third-order valence-electron chi connectivity index (χ3n) is 5.52. The number of benzene rings is 2. The fourth-order valence-electron chi connectivity index (χ4n) is 3.67. The first kappa shape index (κ1) is 23.2. The lowest BCUT2D eigenvalue weighted by Gasteiger charge is -2.25. The number of rotatable bonds is 7. The van der Waals surface area contributed by atoms with Gasteiger partial charge in [-0.15, -0.1) is 0 Å². The molecule has 7 heteroatoms. The summed E-state index contributed by atoms with van der Waals surface area (Å²) in [6, 6.07) is 14.8. The van der Waals surface area contributed by atoms with E-state index in [0.717, 1.165) is 42.3 Å². The average Bonchev–Trinajstić information content (AvgIpc) is 3.09. The van der Waals surface area contributed by atoms with Crippen molar-refractivity contribution in [2.45, 2.75) is 19.4 Å². The number of anilines is 1. The van der Waals surface area contributed by atoms with Crippen LogP contribution in [0, 0.1) is 0 Å². The molecule has 2 aromatic carbocycles. The molecule has 3 rings (SSSR count). The molecule has 1 aliphatic heterocycles. The van der Waals surface area contributed by atoms with Crippen LogP contribution in [0.25, 0.3) is 6.08 Å². The number of hydrogen-bond donors (Lipinski definition) is 1. The molecule has 1 saturated heterocycles. The predicted molar refractivity (Wildman–Crippen MR) is 126 cm³/mol. The van der Waals surface area contributed by atoms with Crippen molar-refractivity contribution in [1.29, 1.82) is 0 Å². The summed E-state index contributed by atoms with van der Waals surface area (Å²) in [5, 5.41) is 2.78. The van der Waals surface area contributed by atoms with Crippen molar-refractivity contribution in [1.82, 2.24) is 10.2 Å². The van der Waals surface area contributed by atoms with Crippen molar-refractivity contribution in [3.63, 3.8) is 0 Å². The van der Waals surface area contributed by atoms with Crippen molar-refractivity contribution in [2.75, 3.05) is 45.3 Å². The Morgan fingerprint density at radius 1 is 0.906 bits per heavy atom. The maximum atomic E-state index is 12.9. The molecule has 1 N–H and O–H groups in total. The largest absolute Gasteiger partial charge is 0.497 e. The Bertz CT molecular complexity index is 925. The second kappa shape index (κ2) is 11.2. The molecule has 1 atom stereocenters. The van der Waals surface area contributed by atoms with Gasteiger partial charge in [-0.2, -0.15) is 0 Å². The Hall–Kier alpha value is -3.48. The maximum absolute atomic E-state index is 12.9. The van der Waals surface area contributed by atoms with Gasteiger partial charge >= 0.3 is 0 Å². The van der Waals surface area contributed by atoms with Crippen LogP contribution in [0.15, 0.2) is 54.6 Å². The molecule has 32 heavy (non-hydrogen) atoms. The summed E-state index contributed by atoms with van der Waals surface area (Å²) in [4.78, 5) is 29.3. The van der Waals surface area contributed by atoms with E-state index in [9.17, 15) is 9.59 Å².